The number of carbonyl (C=O) groups excluding carboxylic acids is 1. The molecule has 1 fully saturated rings. The molecule has 0 aromatic carbocycles. The van der Waals surface area contributed by atoms with Crippen molar-refractivity contribution < 1.29 is 13.9 Å². The van der Waals surface area contributed by atoms with E-state index in [4.69, 9.17) is 4.74 Å². The van der Waals surface area contributed by atoms with Crippen molar-refractivity contribution in [1.29, 1.82) is 0 Å². The normalized spacial score (nSPS) is 16.1. The van der Waals surface area contributed by atoms with E-state index < -0.39 is 23.0 Å². The average Bonchev–Trinajstić information content (AvgIpc) is 3.33. The lowest BCUT2D eigenvalue weighted by molar-refractivity contribution is -0.156. The van der Waals surface area contributed by atoms with Crippen molar-refractivity contribution in [1.82, 2.24) is 28.9 Å². The number of aromatic nitrogens is 6. The molecule has 1 saturated carbocycles. The van der Waals surface area contributed by atoms with Gasteiger partial charge in [-0.05, 0) is 31.9 Å². The third-order valence-electron chi connectivity index (χ3n) is 5.89. The van der Waals surface area contributed by atoms with Crippen LogP contribution in [0.1, 0.15) is 39.0 Å². The van der Waals surface area contributed by atoms with Crippen molar-refractivity contribution in [3.05, 3.63) is 47.0 Å². The van der Waals surface area contributed by atoms with Crippen molar-refractivity contribution in [3.8, 4) is 11.5 Å². The molecule has 1 aliphatic rings. The first kappa shape index (κ1) is 19.4. The van der Waals surface area contributed by atoms with Crippen LogP contribution in [0.5, 0.6) is 0 Å². The number of hydrogen-bond donors (Lipinski definition) is 1. The van der Waals surface area contributed by atoms with Gasteiger partial charge in [-0.3, -0.25) is 8.97 Å². The largest absolute Gasteiger partial charge is 0.464 e. The third kappa shape index (κ3) is 3.01. The highest BCUT2D eigenvalue weighted by molar-refractivity contribution is 5.82. The van der Waals surface area contributed by atoms with E-state index in [0.717, 1.165) is 19.3 Å². The predicted octanol–water partition coefficient (Wildman–Crippen LogP) is 2.80. The quantitative estimate of drug-likeness (QED) is 0.505. The molecule has 31 heavy (non-hydrogen) atoms. The molecule has 0 amide bonds. The van der Waals surface area contributed by atoms with Gasteiger partial charge in [-0.25, -0.2) is 28.9 Å². The zero-order chi connectivity index (χ0) is 21.6. The number of rotatable bonds is 4. The molecular weight excluding hydrogens is 403 g/mol. The van der Waals surface area contributed by atoms with Crippen LogP contribution < -0.4 is 5.69 Å². The monoisotopic (exact) mass is 424 g/mol. The molecule has 1 N–H and O–H groups in total. The lowest BCUT2D eigenvalue weighted by atomic mass is 9.81. The first-order valence-corrected chi connectivity index (χ1v) is 10.3. The van der Waals surface area contributed by atoms with Crippen molar-refractivity contribution in [2.45, 2.75) is 44.6 Å². The van der Waals surface area contributed by atoms with E-state index in [9.17, 15) is 14.0 Å². The van der Waals surface area contributed by atoms with Crippen molar-refractivity contribution >= 4 is 22.8 Å². The zero-order valence-electron chi connectivity index (χ0n) is 17.0. The van der Waals surface area contributed by atoms with Crippen LogP contribution in [0.3, 0.4) is 0 Å². The Hall–Kier alpha value is -3.56. The molecule has 1 aliphatic carbocycles. The van der Waals surface area contributed by atoms with Crippen LogP contribution in [0.2, 0.25) is 0 Å². The van der Waals surface area contributed by atoms with Gasteiger partial charge in [0.25, 0.3) is 0 Å². The second-order valence-corrected chi connectivity index (χ2v) is 7.73. The van der Waals surface area contributed by atoms with Crippen LogP contribution in [-0.4, -0.2) is 41.5 Å². The third-order valence-corrected chi connectivity index (χ3v) is 5.89. The van der Waals surface area contributed by atoms with Gasteiger partial charge in [-0.2, -0.15) is 0 Å². The lowest BCUT2D eigenvalue weighted by Crippen LogP contribution is -2.49. The van der Waals surface area contributed by atoms with E-state index in [1.165, 1.54) is 23.0 Å². The van der Waals surface area contributed by atoms with E-state index in [1.54, 1.807) is 23.6 Å². The van der Waals surface area contributed by atoms with Gasteiger partial charge in [0.1, 0.15) is 28.2 Å². The number of aromatic amines is 1. The number of hydrogen-bond acceptors (Lipinski definition) is 6. The number of fused-ring (bicyclic) bond motifs is 2. The summed E-state index contributed by atoms with van der Waals surface area (Å²) in [4.78, 5) is 42.0. The molecule has 0 atom stereocenters. The van der Waals surface area contributed by atoms with E-state index in [2.05, 4.69) is 19.9 Å². The summed E-state index contributed by atoms with van der Waals surface area (Å²) in [5, 5.41) is 0. The first-order valence-electron chi connectivity index (χ1n) is 10.3. The maximum absolute atomic E-state index is 13.8. The maximum atomic E-state index is 13.8. The maximum Gasteiger partial charge on any atom is 0.332 e. The molecule has 0 bridgehead atoms. The Kier molecular flexibility index (Phi) is 4.57. The number of carbonyl (C=O) groups is 1. The highest BCUT2D eigenvalue weighted by Crippen LogP contribution is 2.37. The minimum Gasteiger partial charge on any atom is -0.464 e. The van der Waals surface area contributed by atoms with Gasteiger partial charge in [0, 0.05) is 6.20 Å². The lowest BCUT2D eigenvalue weighted by Gasteiger charge is -2.35. The Labute approximate surface area is 175 Å². The van der Waals surface area contributed by atoms with Crippen molar-refractivity contribution in [2.75, 3.05) is 6.61 Å². The van der Waals surface area contributed by atoms with Crippen LogP contribution in [0.15, 0.2) is 35.5 Å². The summed E-state index contributed by atoms with van der Waals surface area (Å²) >= 11 is 0. The standard InChI is InChI=1S/C21H21FN6O3/c1-2-31-19(29)21(8-4-3-5-9-21)28-18-14(25-20(28)30)10-24-17(26-18)15-11-23-16-7-6-13(22)12-27(15)16/h6-7,10-12H,2-5,8-9H2,1H3,(H,25,30). The molecule has 0 spiro atoms. The number of nitrogens with zero attached hydrogens (tertiary/aromatic N) is 5. The summed E-state index contributed by atoms with van der Waals surface area (Å²) in [5.74, 6) is -0.572. The number of H-pyrrole nitrogens is 1. The summed E-state index contributed by atoms with van der Waals surface area (Å²) in [7, 11) is 0. The second-order valence-electron chi connectivity index (χ2n) is 7.73. The number of ether oxygens (including phenoxy) is 1. The molecule has 10 heteroatoms. The van der Waals surface area contributed by atoms with Gasteiger partial charge < -0.3 is 9.72 Å². The number of halogens is 1. The molecule has 4 aromatic rings. The van der Waals surface area contributed by atoms with E-state index in [0.29, 0.717) is 35.3 Å². The summed E-state index contributed by atoms with van der Waals surface area (Å²) < 4.78 is 22.1. The number of esters is 1. The number of imidazole rings is 2. The van der Waals surface area contributed by atoms with Crippen LogP contribution in [0, 0.1) is 5.82 Å². The summed E-state index contributed by atoms with van der Waals surface area (Å²) in [6.07, 6.45) is 7.95. The fraction of sp³-hybridized carbons (Fsp3) is 0.381. The molecule has 9 nitrogen and oxygen atoms in total. The van der Waals surface area contributed by atoms with Gasteiger partial charge in [0.2, 0.25) is 0 Å². The van der Waals surface area contributed by atoms with Crippen LogP contribution in [0.25, 0.3) is 28.3 Å². The molecule has 0 radical (unpaired) electrons. The second kappa shape index (κ2) is 7.29. The molecular formula is C21H21FN6O3. The smallest absolute Gasteiger partial charge is 0.332 e. The minimum atomic E-state index is -1.11. The summed E-state index contributed by atoms with van der Waals surface area (Å²) in [6.45, 7) is 1.97. The molecule has 4 heterocycles. The first-order chi connectivity index (χ1) is 15.0. The van der Waals surface area contributed by atoms with E-state index >= 15 is 0 Å². The zero-order valence-corrected chi connectivity index (χ0v) is 17.0. The molecule has 0 aliphatic heterocycles. The number of nitrogens with one attached hydrogen (secondary N) is 1. The van der Waals surface area contributed by atoms with Crippen LogP contribution in [-0.2, 0) is 15.1 Å². The Balaban J connectivity index is 1.72. The van der Waals surface area contributed by atoms with Crippen molar-refractivity contribution in [3.63, 3.8) is 0 Å². The van der Waals surface area contributed by atoms with Gasteiger partial charge in [0.15, 0.2) is 11.5 Å². The molecule has 0 saturated heterocycles. The molecule has 4 aromatic heterocycles. The summed E-state index contributed by atoms with van der Waals surface area (Å²) in [5.41, 5.74) is 0.216. The van der Waals surface area contributed by atoms with E-state index in [-0.39, 0.29) is 12.4 Å². The average molecular weight is 424 g/mol. The topological polar surface area (TPSA) is 107 Å². The molecule has 0 unspecified atom stereocenters. The molecule has 5 rings (SSSR count). The summed E-state index contributed by atoms with van der Waals surface area (Å²) in [6, 6.07) is 2.88. The van der Waals surface area contributed by atoms with Crippen LogP contribution in [0.4, 0.5) is 4.39 Å². The van der Waals surface area contributed by atoms with Crippen molar-refractivity contribution in [2.24, 2.45) is 0 Å². The highest BCUT2D eigenvalue weighted by Gasteiger charge is 2.45. The molecule has 160 valence electrons. The number of pyridine rings is 1. The fourth-order valence-corrected chi connectivity index (χ4v) is 4.46. The van der Waals surface area contributed by atoms with Gasteiger partial charge in [-0.1, -0.05) is 19.3 Å². The fourth-order valence-electron chi connectivity index (χ4n) is 4.46. The minimum absolute atomic E-state index is 0.227. The SMILES string of the molecule is CCOC(=O)C1(n2c(=O)[nH]c3cnc(-c4cnc5ccc(F)cn45)nc32)CCCCC1. The Morgan fingerprint density at radius 2 is 2.03 bits per heavy atom. The predicted molar refractivity (Wildman–Crippen MR) is 110 cm³/mol. The van der Waals surface area contributed by atoms with Gasteiger partial charge in [-0.15, -0.1) is 0 Å². The highest BCUT2D eigenvalue weighted by atomic mass is 19.1. The Bertz CT molecular complexity index is 1350. The van der Waals surface area contributed by atoms with Gasteiger partial charge >= 0.3 is 11.7 Å². The Morgan fingerprint density at radius 3 is 2.81 bits per heavy atom. The van der Waals surface area contributed by atoms with Gasteiger partial charge in [0.05, 0.1) is 19.0 Å². The Morgan fingerprint density at radius 1 is 1.23 bits per heavy atom. The van der Waals surface area contributed by atoms with Crippen LogP contribution >= 0.6 is 0 Å². The van der Waals surface area contributed by atoms with E-state index in [1.807, 2.05) is 0 Å².